The Balaban J connectivity index is 1.59. The Hall–Kier alpha value is -0.120. The fourth-order valence-corrected chi connectivity index (χ4v) is 2.64. The molecule has 2 saturated heterocycles. The van der Waals surface area contributed by atoms with Crippen LogP contribution in [0.2, 0.25) is 0 Å². The van der Waals surface area contributed by atoms with E-state index in [4.69, 9.17) is 4.74 Å². The van der Waals surface area contributed by atoms with Gasteiger partial charge in [-0.05, 0) is 51.7 Å². The number of hydrogen-bond donors (Lipinski definition) is 1. The quantitative estimate of drug-likeness (QED) is 0.755. The van der Waals surface area contributed by atoms with Gasteiger partial charge >= 0.3 is 0 Å². The van der Waals surface area contributed by atoms with Crippen molar-refractivity contribution in [1.29, 1.82) is 0 Å². The van der Waals surface area contributed by atoms with Gasteiger partial charge in [0.2, 0.25) is 0 Å². The van der Waals surface area contributed by atoms with Gasteiger partial charge < -0.3 is 10.1 Å². The molecule has 3 heteroatoms. The number of morpholine rings is 1. The lowest BCUT2D eigenvalue weighted by Gasteiger charge is -2.33. The fraction of sp³-hybridized carbons (Fsp3) is 1.00. The third-order valence-corrected chi connectivity index (χ3v) is 3.73. The normalized spacial score (nSPS) is 33.4. The minimum Gasteiger partial charge on any atom is -0.379 e. The van der Waals surface area contributed by atoms with Crippen LogP contribution >= 0.6 is 0 Å². The second-order valence-corrected chi connectivity index (χ2v) is 4.96. The lowest BCUT2D eigenvalue weighted by atomic mass is 10.0. The minimum absolute atomic E-state index is 0.625. The molecule has 2 rings (SSSR count). The monoisotopic (exact) mass is 212 g/mol. The maximum absolute atomic E-state index is 5.44. The van der Waals surface area contributed by atoms with Crippen LogP contribution in [0.3, 0.4) is 0 Å². The summed E-state index contributed by atoms with van der Waals surface area (Å²) >= 11 is 0. The van der Waals surface area contributed by atoms with E-state index in [2.05, 4.69) is 17.1 Å². The highest BCUT2D eigenvalue weighted by atomic mass is 16.5. The van der Waals surface area contributed by atoms with Gasteiger partial charge in [-0.25, -0.2) is 0 Å². The molecule has 1 N–H and O–H groups in total. The fourth-order valence-electron chi connectivity index (χ4n) is 2.64. The molecular weight excluding hydrogens is 188 g/mol. The van der Waals surface area contributed by atoms with Crippen molar-refractivity contribution in [3.8, 4) is 0 Å². The van der Waals surface area contributed by atoms with Crippen LogP contribution in [-0.4, -0.2) is 50.3 Å². The van der Waals surface area contributed by atoms with Gasteiger partial charge in [-0.3, -0.25) is 4.90 Å². The van der Waals surface area contributed by atoms with Gasteiger partial charge in [0, 0.05) is 12.6 Å². The van der Waals surface area contributed by atoms with Crippen LogP contribution in [0.1, 0.15) is 26.2 Å². The lowest BCUT2D eigenvalue weighted by molar-refractivity contribution is -0.00124. The Morgan fingerprint density at radius 2 is 2.40 bits per heavy atom. The van der Waals surface area contributed by atoms with Crippen molar-refractivity contribution in [2.75, 3.05) is 39.4 Å². The van der Waals surface area contributed by atoms with Gasteiger partial charge in [-0.1, -0.05) is 0 Å². The molecule has 2 aliphatic rings. The van der Waals surface area contributed by atoms with Crippen molar-refractivity contribution in [2.45, 2.75) is 32.2 Å². The first-order valence-electron chi connectivity index (χ1n) is 6.39. The highest BCUT2D eigenvalue weighted by molar-refractivity contribution is 4.74. The Morgan fingerprint density at radius 3 is 3.13 bits per heavy atom. The summed E-state index contributed by atoms with van der Waals surface area (Å²) in [4.78, 5) is 2.58. The second kappa shape index (κ2) is 5.83. The molecule has 2 atom stereocenters. The van der Waals surface area contributed by atoms with Crippen LogP contribution < -0.4 is 5.32 Å². The highest BCUT2D eigenvalue weighted by Gasteiger charge is 2.19. The largest absolute Gasteiger partial charge is 0.379 e. The van der Waals surface area contributed by atoms with Gasteiger partial charge in [-0.15, -0.1) is 0 Å². The molecule has 0 bridgehead atoms. The molecule has 0 amide bonds. The van der Waals surface area contributed by atoms with E-state index in [9.17, 15) is 0 Å². The molecule has 2 heterocycles. The summed E-state index contributed by atoms with van der Waals surface area (Å²) in [6.45, 7) is 9.00. The van der Waals surface area contributed by atoms with Gasteiger partial charge in [0.05, 0.1) is 13.2 Å². The number of nitrogens with zero attached hydrogens (tertiary/aromatic N) is 1. The van der Waals surface area contributed by atoms with E-state index < -0.39 is 0 Å². The summed E-state index contributed by atoms with van der Waals surface area (Å²) < 4.78 is 5.44. The van der Waals surface area contributed by atoms with Gasteiger partial charge in [0.15, 0.2) is 0 Å². The SMILES string of the molecule is CC1COCCN1CCCC1CCNC1. The van der Waals surface area contributed by atoms with E-state index in [0.717, 1.165) is 25.7 Å². The number of hydrogen-bond acceptors (Lipinski definition) is 3. The summed E-state index contributed by atoms with van der Waals surface area (Å²) in [5, 5.41) is 3.44. The van der Waals surface area contributed by atoms with Crippen molar-refractivity contribution in [1.82, 2.24) is 10.2 Å². The molecule has 15 heavy (non-hydrogen) atoms. The molecule has 2 unspecified atom stereocenters. The molecule has 2 fully saturated rings. The Kier molecular flexibility index (Phi) is 4.42. The number of rotatable bonds is 4. The van der Waals surface area contributed by atoms with Crippen LogP contribution in [0, 0.1) is 5.92 Å². The van der Waals surface area contributed by atoms with E-state index >= 15 is 0 Å². The summed E-state index contributed by atoms with van der Waals surface area (Å²) in [5.74, 6) is 0.946. The molecular formula is C12H24N2O. The standard InChI is InChI=1S/C12H24N2O/c1-11-10-15-8-7-14(11)6-2-3-12-4-5-13-9-12/h11-13H,2-10H2,1H3. The summed E-state index contributed by atoms with van der Waals surface area (Å²) in [5.41, 5.74) is 0. The molecule has 3 nitrogen and oxygen atoms in total. The molecule has 0 aromatic carbocycles. The van der Waals surface area contributed by atoms with E-state index in [1.165, 1.54) is 38.9 Å². The Morgan fingerprint density at radius 1 is 1.47 bits per heavy atom. The second-order valence-electron chi connectivity index (χ2n) is 4.96. The Labute approximate surface area is 93.2 Å². The maximum atomic E-state index is 5.44. The third-order valence-electron chi connectivity index (χ3n) is 3.73. The molecule has 0 radical (unpaired) electrons. The van der Waals surface area contributed by atoms with Crippen LogP contribution in [0.15, 0.2) is 0 Å². The summed E-state index contributed by atoms with van der Waals surface area (Å²) in [6.07, 6.45) is 4.15. The van der Waals surface area contributed by atoms with Crippen molar-refractivity contribution in [2.24, 2.45) is 5.92 Å². The predicted molar refractivity (Wildman–Crippen MR) is 62.1 cm³/mol. The van der Waals surface area contributed by atoms with Gasteiger partial charge in [-0.2, -0.15) is 0 Å². The van der Waals surface area contributed by atoms with Gasteiger partial charge in [0.1, 0.15) is 0 Å². The van der Waals surface area contributed by atoms with Crippen LogP contribution in [0.25, 0.3) is 0 Å². The zero-order valence-corrected chi connectivity index (χ0v) is 9.87. The minimum atomic E-state index is 0.625. The zero-order chi connectivity index (χ0) is 10.5. The average Bonchev–Trinajstić information content (AvgIpc) is 2.74. The third kappa shape index (κ3) is 3.44. The van der Waals surface area contributed by atoms with Crippen molar-refractivity contribution in [3.63, 3.8) is 0 Å². The predicted octanol–water partition coefficient (Wildman–Crippen LogP) is 1.10. The molecule has 0 aromatic heterocycles. The topological polar surface area (TPSA) is 24.5 Å². The molecule has 0 aliphatic carbocycles. The summed E-state index contributed by atoms with van der Waals surface area (Å²) in [6, 6.07) is 0.625. The van der Waals surface area contributed by atoms with E-state index in [1.807, 2.05) is 0 Å². The first kappa shape index (κ1) is 11.4. The highest BCUT2D eigenvalue weighted by Crippen LogP contribution is 2.15. The first-order chi connectivity index (χ1) is 7.36. The zero-order valence-electron chi connectivity index (χ0n) is 9.87. The van der Waals surface area contributed by atoms with Crippen LogP contribution in [0.4, 0.5) is 0 Å². The molecule has 0 spiro atoms. The van der Waals surface area contributed by atoms with E-state index in [0.29, 0.717) is 6.04 Å². The number of ether oxygens (including phenoxy) is 1. The van der Waals surface area contributed by atoms with Crippen molar-refractivity contribution >= 4 is 0 Å². The lowest BCUT2D eigenvalue weighted by Crippen LogP contribution is -2.44. The Bertz CT molecular complexity index is 180. The first-order valence-corrected chi connectivity index (χ1v) is 6.39. The molecule has 0 aromatic rings. The van der Waals surface area contributed by atoms with Crippen LogP contribution in [0.5, 0.6) is 0 Å². The maximum Gasteiger partial charge on any atom is 0.0619 e. The molecule has 0 saturated carbocycles. The molecule has 88 valence electrons. The molecule has 2 aliphatic heterocycles. The van der Waals surface area contributed by atoms with Gasteiger partial charge in [0.25, 0.3) is 0 Å². The smallest absolute Gasteiger partial charge is 0.0619 e. The van der Waals surface area contributed by atoms with Crippen molar-refractivity contribution < 1.29 is 4.74 Å². The van der Waals surface area contributed by atoms with E-state index in [-0.39, 0.29) is 0 Å². The summed E-state index contributed by atoms with van der Waals surface area (Å²) in [7, 11) is 0. The number of nitrogens with one attached hydrogen (secondary N) is 1. The van der Waals surface area contributed by atoms with Crippen molar-refractivity contribution in [3.05, 3.63) is 0 Å². The average molecular weight is 212 g/mol. The van der Waals surface area contributed by atoms with Crippen LogP contribution in [-0.2, 0) is 4.74 Å². The van der Waals surface area contributed by atoms with E-state index in [1.54, 1.807) is 0 Å².